The fraction of sp³-hybridized carbons (Fsp3) is 1.00. The lowest BCUT2D eigenvalue weighted by atomic mass is 10.0. The van der Waals surface area contributed by atoms with Crippen molar-refractivity contribution in [2.75, 3.05) is 18.9 Å². The molecule has 1 unspecified atom stereocenters. The predicted octanol–water partition coefficient (Wildman–Crippen LogP) is 1.34. The maximum atomic E-state index is 11.8. The number of ether oxygens (including phenoxy) is 1. The van der Waals surface area contributed by atoms with Gasteiger partial charge in [-0.2, -0.15) is 0 Å². The molecule has 0 aliphatic carbocycles. The van der Waals surface area contributed by atoms with Crippen molar-refractivity contribution >= 4 is 9.84 Å². The maximum absolute atomic E-state index is 11.8. The fourth-order valence-electron chi connectivity index (χ4n) is 1.01. The van der Waals surface area contributed by atoms with Crippen LogP contribution in [0.3, 0.4) is 0 Å². The van der Waals surface area contributed by atoms with Gasteiger partial charge in [-0.3, -0.25) is 0 Å². The van der Waals surface area contributed by atoms with Gasteiger partial charge in [0.2, 0.25) is 0 Å². The van der Waals surface area contributed by atoms with E-state index in [0.29, 0.717) is 6.54 Å². The molecule has 0 amide bonds. The van der Waals surface area contributed by atoms with E-state index >= 15 is 0 Å². The molecule has 0 radical (unpaired) electrons. The van der Waals surface area contributed by atoms with Gasteiger partial charge in [0.05, 0.1) is 22.7 Å². The molecule has 0 rings (SSSR count). The molecule has 0 aromatic heterocycles. The van der Waals surface area contributed by atoms with Gasteiger partial charge in [0.1, 0.15) is 0 Å². The smallest absolute Gasteiger partial charge is 0.157 e. The van der Waals surface area contributed by atoms with E-state index in [1.807, 2.05) is 13.8 Å². The van der Waals surface area contributed by atoms with Gasteiger partial charge in [-0.25, -0.2) is 8.42 Å². The number of sulfone groups is 1. The molecule has 16 heavy (non-hydrogen) atoms. The highest BCUT2D eigenvalue weighted by molar-refractivity contribution is 7.92. The zero-order chi connectivity index (χ0) is 13.0. The normalized spacial score (nSPS) is 17.1. The zero-order valence-electron chi connectivity index (χ0n) is 11.0. The third kappa shape index (κ3) is 4.39. The highest BCUT2D eigenvalue weighted by Crippen LogP contribution is 2.18. The molecule has 0 spiro atoms. The van der Waals surface area contributed by atoms with Crippen LogP contribution in [0.5, 0.6) is 0 Å². The summed E-state index contributed by atoms with van der Waals surface area (Å²) in [7, 11) is -3.10. The second-order valence-electron chi connectivity index (χ2n) is 5.29. The third-order valence-corrected chi connectivity index (χ3v) is 5.49. The highest BCUT2D eigenvalue weighted by atomic mass is 32.2. The van der Waals surface area contributed by atoms with Crippen molar-refractivity contribution in [3.63, 3.8) is 0 Å². The van der Waals surface area contributed by atoms with Crippen LogP contribution in [0.2, 0.25) is 0 Å². The highest BCUT2D eigenvalue weighted by Gasteiger charge is 2.29. The Kier molecular flexibility index (Phi) is 5.42. The van der Waals surface area contributed by atoms with Crippen LogP contribution in [0.4, 0.5) is 0 Å². The second kappa shape index (κ2) is 5.47. The molecule has 98 valence electrons. The van der Waals surface area contributed by atoms with Crippen LogP contribution in [0.25, 0.3) is 0 Å². The van der Waals surface area contributed by atoms with E-state index in [1.54, 1.807) is 20.8 Å². The lowest BCUT2D eigenvalue weighted by molar-refractivity contribution is -0.0192. The molecule has 5 heteroatoms. The van der Waals surface area contributed by atoms with E-state index in [1.165, 1.54) is 0 Å². The van der Waals surface area contributed by atoms with Gasteiger partial charge in [0, 0.05) is 6.54 Å². The SMILES string of the molecule is CCC(C)(CN)OCCS(=O)(=O)C(C)(C)C. The zero-order valence-corrected chi connectivity index (χ0v) is 11.9. The minimum Gasteiger partial charge on any atom is -0.373 e. The molecular formula is C11H25NO3S. The molecule has 0 fully saturated rings. The Balaban J connectivity index is 4.29. The van der Waals surface area contributed by atoms with Crippen LogP contribution in [0.15, 0.2) is 0 Å². The van der Waals surface area contributed by atoms with Crippen molar-refractivity contribution in [2.45, 2.75) is 51.4 Å². The monoisotopic (exact) mass is 251 g/mol. The van der Waals surface area contributed by atoms with Crippen molar-refractivity contribution < 1.29 is 13.2 Å². The van der Waals surface area contributed by atoms with Crippen LogP contribution in [0, 0.1) is 0 Å². The average molecular weight is 251 g/mol. The number of hydrogen-bond acceptors (Lipinski definition) is 4. The van der Waals surface area contributed by atoms with Gasteiger partial charge < -0.3 is 10.5 Å². The summed E-state index contributed by atoms with van der Waals surface area (Å²) in [5.41, 5.74) is 5.17. The summed E-state index contributed by atoms with van der Waals surface area (Å²) in [5.74, 6) is 0.0477. The molecular weight excluding hydrogens is 226 g/mol. The van der Waals surface area contributed by atoms with Crippen molar-refractivity contribution in [1.29, 1.82) is 0 Å². The third-order valence-electron chi connectivity index (χ3n) is 2.92. The summed E-state index contributed by atoms with van der Waals surface area (Å²) >= 11 is 0. The molecule has 0 aromatic carbocycles. The van der Waals surface area contributed by atoms with Crippen molar-refractivity contribution in [3.8, 4) is 0 Å². The Labute approximate surface area is 99.5 Å². The van der Waals surface area contributed by atoms with Crippen LogP contribution >= 0.6 is 0 Å². The summed E-state index contributed by atoms with van der Waals surface area (Å²) in [6.07, 6.45) is 0.777. The Morgan fingerprint density at radius 1 is 1.19 bits per heavy atom. The van der Waals surface area contributed by atoms with Gasteiger partial charge >= 0.3 is 0 Å². The topological polar surface area (TPSA) is 69.4 Å². The van der Waals surface area contributed by atoms with E-state index in [-0.39, 0.29) is 12.4 Å². The largest absolute Gasteiger partial charge is 0.373 e. The molecule has 0 aromatic rings. The second-order valence-corrected chi connectivity index (χ2v) is 8.15. The molecule has 2 N–H and O–H groups in total. The number of hydrogen-bond donors (Lipinski definition) is 1. The molecule has 0 heterocycles. The first-order chi connectivity index (χ1) is 7.08. The molecule has 0 saturated carbocycles. The standard InChI is InChI=1S/C11H25NO3S/c1-6-11(5,9-12)15-7-8-16(13,14)10(2,3)4/h6-9,12H2,1-5H3. The number of nitrogens with two attached hydrogens (primary N) is 1. The van der Waals surface area contributed by atoms with E-state index in [9.17, 15) is 8.42 Å². The summed E-state index contributed by atoms with van der Waals surface area (Å²) in [5, 5.41) is 0. The van der Waals surface area contributed by atoms with Crippen molar-refractivity contribution in [3.05, 3.63) is 0 Å². The quantitative estimate of drug-likeness (QED) is 0.773. The van der Waals surface area contributed by atoms with E-state index < -0.39 is 20.2 Å². The molecule has 0 saturated heterocycles. The first-order valence-corrected chi connectivity index (χ1v) is 7.29. The Morgan fingerprint density at radius 3 is 2.00 bits per heavy atom. The van der Waals surface area contributed by atoms with Crippen molar-refractivity contribution in [2.24, 2.45) is 5.73 Å². The van der Waals surface area contributed by atoms with E-state index in [4.69, 9.17) is 10.5 Å². The first kappa shape index (κ1) is 15.9. The van der Waals surface area contributed by atoms with Crippen molar-refractivity contribution in [1.82, 2.24) is 0 Å². The first-order valence-electron chi connectivity index (χ1n) is 5.64. The molecule has 0 aliphatic heterocycles. The maximum Gasteiger partial charge on any atom is 0.157 e. The van der Waals surface area contributed by atoms with Gasteiger partial charge in [0.15, 0.2) is 9.84 Å². The average Bonchev–Trinajstić information content (AvgIpc) is 2.15. The van der Waals surface area contributed by atoms with E-state index in [0.717, 1.165) is 6.42 Å². The lowest BCUT2D eigenvalue weighted by Gasteiger charge is -2.28. The van der Waals surface area contributed by atoms with Crippen LogP contribution < -0.4 is 5.73 Å². The minimum absolute atomic E-state index is 0.0477. The van der Waals surface area contributed by atoms with Gasteiger partial charge in [-0.05, 0) is 34.1 Å². The molecule has 1 atom stereocenters. The summed E-state index contributed by atoms with van der Waals surface area (Å²) < 4.78 is 28.4. The van der Waals surface area contributed by atoms with Gasteiger partial charge in [0.25, 0.3) is 0 Å². The lowest BCUT2D eigenvalue weighted by Crippen LogP contribution is -2.39. The van der Waals surface area contributed by atoms with E-state index in [2.05, 4.69) is 0 Å². The molecule has 0 aliphatic rings. The van der Waals surface area contributed by atoms with Gasteiger partial charge in [-0.15, -0.1) is 0 Å². The number of rotatable bonds is 6. The van der Waals surface area contributed by atoms with Crippen LogP contribution in [0.1, 0.15) is 41.0 Å². The summed E-state index contributed by atoms with van der Waals surface area (Å²) in [6, 6.07) is 0. The fourth-order valence-corrected chi connectivity index (χ4v) is 1.92. The Hall–Kier alpha value is -0.130. The van der Waals surface area contributed by atoms with Crippen LogP contribution in [-0.2, 0) is 14.6 Å². The van der Waals surface area contributed by atoms with Gasteiger partial charge in [-0.1, -0.05) is 6.92 Å². The summed E-state index contributed by atoms with van der Waals surface area (Å²) in [6.45, 7) is 9.58. The molecule has 4 nitrogen and oxygen atoms in total. The van der Waals surface area contributed by atoms with Crippen LogP contribution in [-0.4, -0.2) is 37.7 Å². The summed E-state index contributed by atoms with van der Waals surface area (Å²) in [4.78, 5) is 0. The minimum atomic E-state index is -3.10. The molecule has 0 bridgehead atoms. The Morgan fingerprint density at radius 2 is 1.69 bits per heavy atom. The predicted molar refractivity (Wildman–Crippen MR) is 67.2 cm³/mol. The Bertz CT molecular complexity index is 300.